The molecule has 1 saturated heterocycles. The van der Waals surface area contributed by atoms with Crippen LogP contribution in [0.15, 0.2) is 24.3 Å². The predicted molar refractivity (Wildman–Crippen MR) is 83.3 cm³/mol. The van der Waals surface area contributed by atoms with Gasteiger partial charge >= 0.3 is 0 Å². The summed E-state index contributed by atoms with van der Waals surface area (Å²) in [5.41, 5.74) is 1.92. The first kappa shape index (κ1) is 15.9. The van der Waals surface area contributed by atoms with Crippen molar-refractivity contribution < 1.29 is 9.90 Å². The SMILES string of the molecule is CN1CCN(Cc2ccc(C(=O)NCCCO)cc2)CC1. The quantitative estimate of drug-likeness (QED) is 0.752. The molecule has 21 heavy (non-hydrogen) atoms. The molecule has 1 fully saturated rings. The van der Waals surface area contributed by atoms with Crippen molar-refractivity contribution in [1.29, 1.82) is 0 Å². The summed E-state index contributed by atoms with van der Waals surface area (Å²) in [6, 6.07) is 7.80. The molecule has 1 amide bonds. The summed E-state index contributed by atoms with van der Waals surface area (Å²) in [6.07, 6.45) is 0.591. The van der Waals surface area contributed by atoms with Gasteiger partial charge in [-0.2, -0.15) is 0 Å². The van der Waals surface area contributed by atoms with Crippen LogP contribution in [0.1, 0.15) is 22.3 Å². The van der Waals surface area contributed by atoms with E-state index < -0.39 is 0 Å². The summed E-state index contributed by atoms with van der Waals surface area (Å²) in [4.78, 5) is 16.6. The number of aliphatic hydroxyl groups excluding tert-OH is 1. The minimum Gasteiger partial charge on any atom is -0.396 e. The van der Waals surface area contributed by atoms with Crippen molar-refractivity contribution in [3.63, 3.8) is 0 Å². The van der Waals surface area contributed by atoms with Gasteiger partial charge < -0.3 is 15.3 Å². The van der Waals surface area contributed by atoms with Crippen LogP contribution in [-0.2, 0) is 6.54 Å². The fraction of sp³-hybridized carbons (Fsp3) is 0.562. The van der Waals surface area contributed by atoms with Gasteiger partial charge in [0, 0.05) is 51.4 Å². The van der Waals surface area contributed by atoms with Crippen molar-refractivity contribution in [1.82, 2.24) is 15.1 Å². The maximum Gasteiger partial charge on any atom is 0.251 e. The molecule has 116 valence electrons. The summed E-state index contributed by atoms with van der Waals surface area (Å²) in [6.45, 7) is 5.99. The van der Waals surface area contributed by atoms with E-state index in [2.05, 4.69) is 22.2 Å². The van der Waals surface area contributed by atoms with Crippen LogP contribution in [0.25, 0.3) is 0 Å². The van der Waals surface area contributed by atoms with Crippen molar-refractivity contribution in [3.8, 4) is 0 Å². The number of aliphatic hydroxyl groups is 1. The largest absolute Gasteiger partial charge is 0.396 e. The third-order valence-corrected chi connectivity index (χ3v) is 3.84. The van der Waals surface area contributed by atoms with E-state index in [1.165, 1.54) is 5.56 Å². The number of hydrogen-bond donors (Lipinski definition) is 2. The van der Waals surface area contributed by atoms with Crippen LogP contribution in [0, 0.1) is 0 Å². The van der Waals surface area contributed by atoms with E-state index in [0.29, 0.717) is 18.5 Å². The predicted octanol–water partition coefficient (Wildman–Crippen LogP) is 0.546. The van der Waals surface area contributed by atoms with Gasteiger partial charge in [-0.1, -0.05) is 12.1 Å². The number of amides is 1. The molecule has 0 aromatic heterocycles. The topological polar surface area (TPSA) is 55.8 Å². The Morgan fingerprint density at radius 1 is 1.19 bits per heavy atom. The molecule has 0 aliphatic carbocycles. The monoisotopic (exact) mass is 291 g/mol. The average Bonchev–Trinajstić information content (AvgIpc) is 2.50. The fourth-order valence-electron chi connectivity index (χ4n) is 2.41. The van der Waals surface area contributed by atoms with Crippen LogP contribution < -0.4 is 5.32 Å². The molecule has 1 aromatic carbocycles. The van der Waals surface area contributed by atoms with Crippen molar-refractivity contribution in [3.05, 3.63) is 35.4 Å². The highest BCUT2D eigenvalue weighted by molar-refractivity contribution is 5.94. The highest BCUT2D eigenvalue weighted by atomic mass is 16.3. The number of carbonyl (C=O) groups excluding carboxylic acids is 1. The van der Waals surface area contributed by atoms with E-state index in [0.717, 1.165) is 32.7 Å². The first-order chi connectivity index (χ1) is 10.2. The molecular weight excluding hydrogens is 266 g/mol. The molecule has 0 bridgehead atoms. The summed E-state index contributed by atoms with van der Waals surface area (Å²) >= 11 is 0. The zero-order chi connectivity index (χ0) is 15.1. The van der Waals surface area contributed by atoms with Gasteiger partial charge in [-0.05, 0) is 31.2 Å². The van der Waals surface area contributed by atoms with E-state index >= 15 is 0 Å². The number of carbonyl (C=O) groups is 1. The van der Waals surface area contributed by atoms with Crippen molar-refractivity contribution in [2.75, 3.05) is 46.4 Å². The zero-order valence-corrected chi connectivity index (χ0v) is 12.7. The van der Waals surface area contributed by atoms with Crippen LogP contribution in [0.5, 0.6) is 0 Å². The van der Waals surface area contributed by atoms with E-state index in [1.54, 1.807) is 0 Å². The van der Waals surface area contributed by atoms with Crippen LogP contribution in [0.2, 0.25) is 0 Å². The number of hydrogen-bond acceptors (Lipinski definition) is 4. The minimum absolute atomic E-state index is 0.0744. The Morgan fingerprint density at radius 3 is 2.48 bits per heavy atom. The Morgan fingerprint density at radius 2 is 1.86 bits per heavy atom. The van der Waals surface area contributed by atoms with E-state index in [4.69, 9.17) is 5.11 Å². The van der Waals surface area contributed by atoms with Gasteiger partial charge in [-0.3, -0.25) is 9.69 Å². The molecule has 0 atom stereocenters. The highest BCUT2D eigenvalue weighted by Crippen LogP contribution is 2.09. The maximum absolute atomic E-state index is 11.8. The molecule has 0 radical (unpaired) electrons. The summed E-state index contributed by atoms with van der Waals surface area (Å²) in [7, 11) is 2.15. The molecule has 2 N–H and O–H groups in total. The van der Waals surface area contributed by atoms with Gasteiger partial charge in [0.1, 0.15) is 0 Å². The summed E-state index contributed by atoms with van der Waals surface area (Å²) in [5.74, 6) is -0.0744. The standard InChI is InChI=1S/C16H25N3O2/c1-18-8-10-19(11-9-18)13-14-3-5-15(6-4-14)16(21)17-7-2-12-20/h3-6,20H,2,7-13H2,1H3,(H,17,21). The Kier molecular flexibility index (Phi) is 6.17. The highest BCUT2D eigenvalue weighted by Gasteiger charge is 2.14. The molecule has 1 aliphatic rings. The lowest BCUT2D eigenvalue weighted by Crippen LogP contribution is -2.43. The third-order valence-electron chi connectivity index (χ3n) is 3.84. The molecule has 1 aliphatic heterocycles. The van der Waals surface area contributed by atoms with Crippen molar-refractivity contribution in [2.24, 2.45) is 0 Å². The summed E-state index contributed by atoms with van der Waals surface area (Å²) in [5, 5.41) is 11.5. The zero-order valence-electron chi connectivity index (χ0n) is 12.7. The fourth-order valence-corrected chi connectivity index (χ4v) is 2.41. The second-order valence-corrected chi connectivity index (χ2v) is 5.61. The van der Waals surface area contributed by atoms with Gasteiger partial charge in [0.05, 0.1) is 0 Å². The molecule has 5 heteroatoms. The number of likely N-dealkylation sites (N-methyl/N-ethyl adjacent to an activating group) is 1. The molecule has 5 nitrogen and oxygen atoms in total. The van der Waals surface area contributed by atoms with Gasteiger partial charge in [0.2, 0.25) is 0 Å². The first-order valence-electron chi connectivity index (χ1n) is 7.58. The molecule has 1 heterocycles. The van der Waals surface area contributed by atoms with Gasteiger partial charge in [0.25, 0.3) is 5.91 Å². The van der Waals surface area contributed by atoms with E-state index in [1.807, 2.05) is 24.3 Å². The van der Waals surface area contributed by atoms with Crippen LogP contribution >= 0.6 is 0 Å². The lowest BCUT2D eigenvalue weighted by Gasteiger charge is -2.32. The van der Waals surface area contributed by atoms with Crippen molar-refractivity contribution >= 4 is 5.91 Å². The Hall–Kier alpha value is -1.43. The summed E-state index contributed by atoms with van der Waals surface area (Å²) < 4.78 is 0. The van der Waals surface area contributed by atoms with Gasteiger partial charge in [-0.25, -0.2) is 0 Å². The lowest BCUT2D eigenvalue weighted by molar-refractivity contribution is 0.0951. The third kappa shape index (κ3) is 5.12. The van der Waals surface area contributed by atoms with Gasteiger partial charge in [0.15, 0.2) is 0 Å². The molecule has 0 saturated carbocycles. The molecule has 0 unspecified atom stereocenters. The number of benzene rings is 1. The molecular formula is C16H25N3O2. The van der Waals surface area contributed by atoms with Gasteiger partial charge in [-0.15, -0.1) is 0 Å². The number of nitrogens with zero attached hydrogens (tertiary/aromatic N) is 2. The van der Waals surface area contributed by atoms with E-state index in [-0.39, 0.29) is 12.5 Å². The number of piperazine rings is 1. The molecule has 2 rings (SSSR count). The first-order valence-corrected chi connectivity index (χ1v) is 7.58. The number of rotatable bonds is 6. The Labute approximate surface area is 126 Å². The maximum atomic E-state index is 11.8. The average molecular weight is 291 g/mol. The smallest absolute Gasteiger partial charge is 0.251 e. The number of nitrogens with one attached hydrogen (secondary N) is 1. The second-order valence-electron chi connectivity index (χ2n) is 5.61. The van der Waals surface area contributed by atoms with E-state index in [9.17, 15) is 4.79 Å². The lowest BCUT2D eigenvalue weighted by atomic mass is 10.1. The molecule has 1 aromatic rings. The molecule has 0 spiro atoms. The minimum atomic E-state index is -0.0744. The van der Waals surface area contributed by atoms with Crippen molar-refractivity contribution in [2.45, 2.75) is 13.0 Å². The second kappa shape index (κ2) is 8.12. The van der Waals surface area contributed by atoms with Crippen LogP contribution in [-0.4, -0.2) is 67.2 Å². The Bertz CT molecular complexity index is 439. The van der Waals surface area contributed by atoms with Crippen LogP contribution in [0.4, 0.5) is 0 Å². The normalized spacial score (nSPS) is 16.9. The Balaban J connectivity index is 1.82. The van der Waals surface area contributed by atoms with Crippen LogP contribution in [0.3, 0.4) is 0 Å².